The Morgan fingerprint density at radius 3 is 3.12 bits per heavy atom. The summed E-state index contributed by atoms with van der Waals surface area (Å²) in [5, 5.41) is 3.26. The quantitative estimate of drug-likeness (QED) is 0.741. The molecule has 2 saturated heterocycles. The van der Waals surface area contributed by atoms with Gasteiger partial charge in [-0.15, -0.1) is 0 Å². The molecule has 2 rings (SSSR count). The van der Waals surface area contributed by atoms with Gasteiger partial charge in [0.2, 0.25) is 0 Å². The molecule has 92 valence electrons. The van der Waals surface area contributed by atoms with Crippen LogP contribution < -0.4 is 5.32 Å². The third-order valence-electron chi connectivity index (χ3n) is 3.28. The van der Waals surface area contributed by atoms with Gasteiger partial charge in [-0.05, 0) is 40.0 Å². The molecule has 2 aliphatic heterocycles. The number of hydrogen-bond donors (Lipinski definition) is 1. The molecule has 1 N–H and O–H groups in total. The predicted molar refractivity (Wildman–Crippen MR) is 61.4 cm³/mol. The van der Waals surface area contributed by atoms with Crippen LogP contribution in [0, 0.1) is 0 Å². The van der Waals surface area contributed by atoms with E-state index in [1.54, 1.807) is 0 Å². The zero-order chi connectivity index (χ0) is 11.5. The summed E-state index contributed by atoms with van der Waals surface area (Å²) in [5.41, 5.74) is 0. The van der Waals surface area contributed by atoms with Crippen LogP contribution >= 0.6 is 0 Å². The molecular formula is C11H21N3O2. The highest BCUT2D eigenvalue weighted by Crippen LogP contribution is 2.24. The monoisotopic (exact) mass is 227 g/mol. The number of nitrogens with one attached hydrogen (secondary N) is 1. The summed E-state index contributed by atoms with van der Waals surface area (Å²) in [7, 11) is 4.10. The first-order chi connectivity index (χ1) is 7.68. The third-order valence-corrected chi connectivity index (χ3v) is 3.28. The number of carbonyl (C=O) groups excluding carboxylic acids is 1. The summed E-state index contributed by atoms with van der Waals surface area (Å²) in [4.78, 5) is 15.7. The molecule has 5 nitrogen and oxygen atoms in total. The van der Waals surface area contributed by atoms with E-state index in [1.165, 1.54) is 0 Å². The lowest BCUT2D eigenvalue weighted by atomic mass is 10.0. The van der Waals surface area contributed by atoms with Gasteiger partial charge in [-0.2, -0.15) is 0 Å². The summed E-state index contributed by atoms with van der Waals surface area (Å²) >= 11 is 0. The van der Waals surface area contributed by atoms with Crippen molar-refractivity contribution < 1.29 is 9.53 Å². The van der Waals surface area contributed by atoms with Crippen molar-refractivity contribution in [1.82, 2.24) is 15.1 Å². The minimum atomic E-state index is -0.127. The van der Waals surface area contributed by atoms with Crippen molar-refractivity contribution in [2.45, 2.75) is 25.0 Å². The molecule has 0 radical (unpaired) electrons. The van der Waals surface area contributed by atoms with E-state index in [1.807, 2.05) is 4.90 Å². The van der Waals surface area contributed by atoms with Crippen LogP contribution in [-0.4, -0.2) is 68.3 Å². The predicted octanol–water partition coefficient (Wildman–Crippen LogP) is 0.121. The van der Waals surface area contributed by atoms with Gasteiger partial charge in [0.25, 0.3) is 0 Å². The topological polar surface area (TPSA) is 44.8 Å². The second-order valence-electron chi connectivity index (χ2n) is 4.83. The van der Waals surface area contributed by atoms with Crippen molar-refractivity contribution >= 4 is 6.09 Å². The molecule has 2 fully saturated rings. The van der Waals surface area contributed by atoms with Gasteiger partial charge in [-0.25, -0.2) is 4.79 Å². The van der Waals surface area contributed by atoms with Crippen LogP contribution in [0.15, 0.2) is 0 Å². The highest BCUT2D eigenvalue weighted by atomic mass is 16.6. The van der Waals surface area contributed by atoms with Crippen molar-refractivity contribution in [3.05, 3.63) is 0 Å². The Hall–Kier alpha value is -0.810. The Balaban J connectivity index is 1.85. The Morgan fingerprint density at radius 2 is 2.38 bits per heavy atom. The number of nitrogens with zero attached hydrogens (tertiary/aromatic N) is 2. The highest BCUT2D eigenvalue weighted by Gasteiger charge is 2.42. The average Bonchev–Trinajstić information content (AvgIpc) is 2.55. The van der Waals surface area contributed by atoms with E-state index in [4.69, 9.17) is 4.74 Å². The smallest absolute Gasteiger partial charge is 0.410 e. The number of hydrogen-bond acceptors (Lipinski definition) is 4. The number of fused-ring (bicyclic) bond motifs is 1. The van der Waals surface area contributed by atoms with Crippen LogP contribution in [0.2, 0.25) is 0 Å². The van der Waals surface area contributed by atoms with Gasteiger partial charge >= 0.3 is 6.09 Å². The lowest BCUT2D eigenvalue weighted by Crippen LogP contribution is -2.47. The standard InChI is InChI=1S/C11H21N3O2/c1-13(2)6-3-7-14-9-4-5-12-8-10(9)16-11(14)15/h9-10,12H,3-8H2,1-2H3. The number of ether oxygens (including phenoxy) is 1. The van der Waals surface area contributed by atoms with Gasteiger partial charge in [0, 0.05) is 13.1 Å². The molecule has 5 heteroatoms. The third kappa shape index (κ3) is 2.47. The van der Waals surface area contributed by atoms with E-state index < -0.39 is 0 Å². The highest BCUT2D eigenvalue weighted by molar-refractivity contribution is 5.70. The lowest BCUT2D eigenvalue weighted by molar-refractivity contribution is 0.121. The van der Waals surface area contributed by atoms with E-state index in [0.29, 0.717) is 6.04 Å². The zero-order valence-electron chi connectivity index (χ0n) is 10.1. The number of amides is 1. The fourth-order valence-electron chi connectivity index (χ4n) is 2.44. The molecule has 2 atom stereocenters. The van der Waals surface area contributed by atoms with Gasteiger partial charge < -0.3 is 19.9 Å². The van der Waals surface area contributed by atoms with Crippen LogP contribution in [-0.2, 0) is 4.74 Å². The Labute approximate surface area is 96.7 Å². The van der Waals surface area contributed by atoms with E-state index >= 15 is 0 Å². The summed E-state index contributed by atoms with van der Waals surface area (Å²) in [5.74, 6) is 0. The molecule has 0 aromatic heterocycles. The maximum atomic E-state index is 11.7. The molecule has 0 aromatic carbocycles. The second kappa shape index (κ2) is 5.01. The maximum Gasteiger partial charge on any atom is 0.410 e. The van der Waals surface area contributed by atoms with Gasteiger partial charge in [0.1, 0.15) is 6.10 Å². The molecule has 2 unspecified atom stereocenters. The first kappa shape index (κ1) is 11.7. The molecule has 0 aliphatic carbocycles. The van der Waals surface area contributed by atoms with E-state index in [2.05, 4.69) is 24.3 Å². The summed E-state index contributed by atoms with van der Waals surface area (Å²) in [6.45, 7) is 3.63. The van der Waals surface area contributed by atoms with Crippen LogP contribution in [0.3, 0.4) is 0 Å². The Kier molecular flexibility index (Phi) is 3.66. The fraction of sp³-hybridized carbons (Fsp3) is 0.909. The number of piperidine rings is 1. The summed E-state index contributed by atoms with van der Waals surface area (Å²) in [6, 6.07) is 0.302. The largest absolute Gasteiger partial charge is 0.443 e. The molecule has 0 bridgehead atoms. The average molecular weight is 227 g/mol. The Morgan fingerprint density at radius 1 is 1.56 bits per heavy atom. The number of rotatable bonds is 4. The van der Waals surface area contributed by atoms with Crippen LogP contribution in [0.1, 0.15) is 12.8 Å². The molecule has 16 heavy (non-hydrogen) atoms. The SMILES string of the molecule is CN(C)CCCN1C(=O)OC2CNCCC21. The first-order valence-electron chi connectivity index (χ1n) is 6.01. The molecule has 0 aromatic rings. The minimum absolute atomic E-state index is 0.0700. The molecule has 2 heterocycles. The zero-order valence-corrected chi connectivity index (χ0v) is 10.1. The minimum Gasteiger partial charge on any atom is -0.443 e. The normalized spacial score (nSPS) is 29.4. The van der Waals surface area contributed by atoms with Crippen molar-refractivity contribution in [1.29, 1.82) is 0 Å². The van der Waals surface area contributed by atoms with Crippen molar-refractivity contribution in [3.8, 4) is 0 Å². The van der Waals surface area contributed by atoms with Crippen LogP contribution in [0.25, 0.3) is 0 Å². The maximum absolute atomic E-state index is 11.7. The van der Waals surface area contributed by atoms with Crippen molar-refractivity contribution in [2.75, 3.05) is 40.3 Å². The Bertz CT molecular complexity index is 258. The molecule has 2 aliphatic rings. The van der Waals surface area contributed by atoms with Crippen LogP contribution in [0.5, 0.6) is 0 Å². The lowest BCUT2D eigenvalue weighted by Gasteiger charge is -2.28. The molecule has 0 spiro atoms. The molecular weight excluding hydrogens is 206 g/mol. The van der Waals surface area contributed by atoms with Crippen LogP contribution in [0.4, 0.5) is 4.79 Å². The van der Waals surface area contributed by atoms with Gasteiger partial charge in [0.15, 0.2) is 0 Å². The van der Waals surface area contributed by atoms with Crippen molar-refractivity contribution in [2.24, 2.45) is 0 Å². The molecule has 1 amide bonds. The van der Waals surface area contributed by atoms with Gasteiger partial charge in [-0.3, -0.25) is 0 Å². The van der Waals surface area contributed by atoms with E-state index in [9.17, 15) is 4.79 Å². The van der Waals surface area contributed by atoms with E-state index in [-0.39, 0.29) is 12.2 Å². The summed E-state index contributed by atoms with van der Waals surface area (Å²) < 4.78 is 5.35. The van der Waals surface area contributed by atoms with E-state index in [0.717, 1.165) is 39.0 Å². The molecule has 0 saturated carbocycles. The second-order valence-corrected chi connectivity index (χ2v) is 4.83. The van der Waals surface area contributed by atoms with Gasteiger partial charge in [0.05, 0.1) is 6.04 Å². The first-order valence-corrected chi connectivity index (χ1v) is 6.01. The van der Waals surface area contributed by atoms with Crippen molar-refractivity contribution in [3.63, 3.8) is 0 Å². The number of carbonyl (C=O) groups is 1. The fourth-order valence-corrected chi connectivity index (χ4v) is 2.44. The summed E-state index contributed by atoms with van der Waals surface area (Å²) in [6.07, 6.45) is 1.97. The van der Waals surface area contributed by atoms with Gasteiger partial charge in [-0.1, -0.05) is 0 Å².